The fraction of sp³-hybridized carbons (Fsp3) is 0.646. The van der Waals surface area contributed by atoms with Crippen molar-refractivity contribution in [3.05, 3.63) is 194 Å². The maximum absolute atomic E-state index is 13.1. The molecule has 0 fully saturated rings. The number of allylic oxidation sites excluding steroid dienone is 32. The minimum absolute atomic E-state index is 0.0796. The molecule has 0 aliphatic carbocycles. The first-order chi connectivity index (χ1) is 57.2. The molecule has 0 aromatic heterocycles. The molecule has 4 N–H and O–H groups in total. The lowest BCUT2D eigenvalue weighted by molar-refractivity contribution is -0.161. The molecule has 0 saturated carbocycles. The van der Waals surface area contributed by atoms with Gasteiger partial charge in [0, 0.05) is 19.3 Å². The SMILES string of the molecule is CC/C=C\C/C=C\C/C=C\C/C=C\C/C=C\C/C=C\CCCCCCCCCCCCCCCCCCC(=O)OCC(O)COP(=O)(O)OCC(O)COP(=O)(O)OCC(COC(=O)CCCCCC/C=C\C/C=C\C/C=C\C/C=C\C/C=C\C/C=C\CC)OC(=O)CCCCCCCCC/C=C\C/C=C\C/C=C\C/C=C\CCCCC. The number of phosphoric ester groups is 2. The van der Waals surface area contributed by atoms with Crippen molar-refractivity contribution in [1.29, 1.82) is 0 Å². The molecule has 0 aliphatic rings. The molecule has 117 heavy (non-hydrogen) atoms. The van der Waals surface area contributed by atoms with Crippen molar-refractivity contribution in [3.63, 3.8) is 0 Å². The second kappa shape index (κ2) is 89.6. The number of rotatable bonds is 85. The van der Waals surface area contributed by atoms with Crippen LogP contribution in [0.15, 0.2) is 194 Å². The van der Waals surface area contributed by atoms with Gasteiger partial charge < -0.3 is 34.2 Å². The highest BCUT2D eigenvalue weighted by Gasteiger charge is 2.29. The molecule has 0 saturated heterocycles. The van der Waals surface area contributed by atoms with Gasteiger partial charge in [0.25, 0.3) is 0 Å². The van der Waals surface area contributed by atoms with E-state index in [9.17, 15) is 43.5 Å². The number of esters is 3. The summed E-state index contributed by atoms with van der Waals surface area (Å²) in [6, 6.07) is 0. The Morgan fingerprint density at radius 1 is 0.248 bits per heavy atom. The van der Waals surface area contributed by atoms with E-state index in [1.165, 1.54) is 109 Å². The quantitative estimate of drug-likeness (QED) is 0.0146. The Morgan fingerprint density at radius 2 is 0.453 bits per heavy atom. The van der Waals surface area contributed by atoms with Crippen LogP contribution in [0.1, 0.15) is 355 Å². The van der Waals surface area contributed by atoms with Gasteiger partial charge in [0.05, 0.1) is 26.4 Å². The molecule has 0 aromatic carbocycles. The fourth-order valence-electron chi connectivity index (χ4n) is 11.9. The average molecular weight is 1670 g/mol. The Hall–Kier alpha value is -5.61. The van der Waals surface area contributed by atoms with Crippen LogP contribution < -0.4 is 0 Å². The van der Waals surface area contributed by atoms with Gasteiger partial charge in [-0.05, 0) is 167 Å². The molecule has 5 atom stereocenters. The van der Waals surface area contributed by atoms with Crippen LogP contribution in [0.4, 0.5) is 0 Å². The third-order valence-electron chi connectivity index (χ3n) is 18.8. The van der Waals surface area contributed by atoms with Crippen LogP contribution in [0, 0.1) is 0 Å². The number of ether oxygens (including phenoxy) is 3. The van der Waals surface area contributed by atoms with Crippen LogP contribution >= 0.6 is 15.6 Å². The number of carbonyl (C=O) groups excluding carboxylic acids is 3. The van der Waals surface area contributed by atoms with Crippen molar-refractivity contribution in [2.24, 2.45) is 0 Å². The van der Waals surface area contributed by atoms with E-state index in [0.717, 1.165) is 186 Å². The molecular weight excluding hydrogens is 1510 g/mol. The summed E-state index contributed by atoms with van der Waals surface area (Å²) in [5.74, 6) is -1.62. The minimum atomic E-state index is -4.96. The third kappa shape index (κ3) is 91.0. The standard InChI is InChI=1S/C99H164O16P2/c1-4-7-10-13-16-19-22-25-28-31-34-37-40-41-42-43-44-45-46-47-48-49-50-51-54-56-58-61-64-67-70-73-76-79-82-85-97(102)109-88-94(100)89-111-116(105,106)112-90-95(101)91-113-117(107,108)114-93-96(115-99(104)87-84-81-78-75-72-69-66-63-60-57-53-39-36-33-30-27-24-21-18-15-12-9-6-3)92-110-98(103)86-83-80-77-74-71-68-65-62-59-55-52-38-35-32-29-26-23-20-17-14-11-8-5-2/h7-8,10-11,16-21,25-30,34-39,41-42,44-45,55,57,59-60,65,68,94-96,100-101H,4-6,9,12-15,22-24,31-33,40,43,46-54,56,58,61-64,66-67,69-93H2,1-3H3,(H,105,106)(H,107,108)/b10-7-,11-8-,19-16-,20-17-,21-18-,28-25-,29-26-,30-27-,37-34-,38-35-,39-36-,42-41-,45-44-,59-55-,60-57-,68-65-. The second-order valence-electron chi connectivity index (χ2n) is 30.0. The molecule has 16 nitrogen and oxygen atoms in total. The summed E-state index contributed by atoms with van der Waals surface area (Å²) in [5, 5.41) is 20.7. The van der Waals surface area contributed by atoms with E-state index in [4.69, 9.17) is 32.3 Å². The lowest BCUT2D eigenvalue weighted by atomic mass is 10.0. The van der Waals surface area contributed by atoms with Crippen LogP contribution in [0.2, 0.25) is 0 Å². The second-order valence-corrected chi connectivity index (χ2v) is 32.9. The van der Waals surface area contributed by atoms with Crippen molar-refractivity contribution < 1.29 is 75.8 Å². The molecule has 0 spiro atoms. The van der Waals surface area contributed by atoms with Crippen molar-refractivity contribution in [2.75, 3.05) is 39.6 Å². The van der Waals surface area contributed by atoms with Crippen LogP contribution in [-0.2, 0) is 55.8 Å². The lowest BCUT2D eigenvalue weighted by Crippen LogP contribution is -2.30. The molecule has 0 aromatic rings. The first-order valence-corrected chi connectivity index (χ1v) is 48.7. The van der Waals surface area contributed by atoms with Crippen molar-refractivity contribution in [3.8, 4) is 0 Å². The van der Waals surface area contributed by atoms with Crippen LogP contribution in [0.3, 0.4) is 0 Å². The highest BCUT2D eigenvalue weighted by Crippen LogP contribution is 2.45. The van der Waals surface area contributed by atoms with E-state index in [-0.39, 0.29) is 19.3 Å². The molecular formula is C99H164O16P2. The number of unbranched alkanes of at least 4 members (excludes halogenated alkanes) is 30. The Morgan fingerprint density at radius 3 is 0.718 bits per heavy atom. The highest BCUT2D eigenvalue weighted by molar-refractivity contribution is 7.47. The zero-order valence-corrected chi connectivity index (χ0v) is 75.1. The smallest absolute Gasteiger partial charge is 0.463 e. The fourth-order valence-corrected chi connectivity index (χ4v) is 13.5. The minimum Gasteiger partial charge on any atom is -0.463 e. The molecule has 0 radical (unpaired) electrons. The van der Waals surface area contributed by atoms with E-state index in [1.807, 2.05) is 0 Å². The van der Waals surface area contributed by atoms with Gasteiger partial charge in [-0.1, -0.05) is 363 Å². The number of hydrogen-bond donors (Lipinski definition) is 4. The Kier molecular flexibility index (Phi) is 85.3. The normalized spacial score (nSPS) is 14.7. The summed E-state index contributed by atoms with van der Waals surface area (Å²) in [6.07, 6.45) is 119. The zero-order chi connectivity index (χ0) is 85.1. The van der Waals surface area contributed by atoms with Crippen molar-refractivity contribution >= 4 is 33.6 Å². The maximum Gasteiger partial charge on any atom is 0.472 e. The highest BCUT2D eigenvalue weighted by atomic mass is 31.2. The van der Waals surface area contributed by atoms with E-state index in [0.29, 0.717) is 19.3 Å². The molecule has 0 aliphatic heterocycles. The van der Waals surface area contributed by atoms with Crippen molar-refractivity contribution in [1.82, 2.24) is 0 Å². The Labute approximate surface area is 712 Å². The number of aliphatic hydroxyl groups is 2. The van der Waals surface area contributed by atoms with Gasteiger partial charge >= 0.3 is 33.6 Å². The van der Waals surface area contributed by atoms with Crippen molar-refractivity contribution in [2.45, 2.75) is 373 Å². The topological polar surface area (TPSA) is 231 Å². The number of aliphatic hydroxyl groups excluding tert-OH is 2. The number of hydrogen-bond acceptors (Lipinski definition) is 14. The lowest BCUT2D eigenvalue weighted by Gasteiger charge is -2.21. The largest absolute Gasteiger partial charge is 0.472 e. The van der Waals surface area contributed by atoms with Crippen LogP contribution in [-0.4, -0.2) is 95.9 Å². The predicted octanol–water partition coefficient (Wildman–Crippen LogP) is 28.2. The summed E-state index contributed by atoms with van der Waals surface area (Å²) in [7, 11) is -9.83. The summed E-state index contributed by atoms with van der Waals surface area (Å²) in [5.41, 5.74) is 0. The first-order valence-electron chi connectivity index (χ1n) is 45.7. The molecule has 0 heterocycles. The monoisotopic (exact) mass is 1670 g/mol. The van der Waals surface area contributed by atoms with E-state index < -0.39 is 91.5 Å². The van der Waals surface area contributed by atoms with Gasteiger partial charge in [-0.25, -0.2) is 9.13 Å². The molecule has 0 rings (SSSR count). The molecule has 5 unspecified atom stereocenters. The molecule has 0 bridgehead atoms. The summed E-state index contributed by atoms with van der Waals surface area (Å²) in [4.78, 5) is 59.0. The first kappa shape index (κ1) is 111. The zero-order valence-electron chi connectivity index (χ0n) is 73.3. The Balaban J connectivity index is 4.59. The Bertz CT molecular complexity index is 2910. The molecule has 18 heteroatoms. The van der Waals surface area contributed by atoms with Gasteiger partial charge in [-0.15, -0.1) is 0 Å². The van der Waals surface area contributed by atoms with Crippen LogP contribution in [0.25, 0.3) is 0 Å². The number of phosphoric acid groups is 2. The summed E-state index contributed by atoms with van der Waals surface area (Å²) in [6.45, 7) is 2.40. The van der Waals surface area contributed by atoms with Gasteiger partial charge in [-0.2, -0.15) is 0 Å². The average Bonchev–Trinajstić information content (AvgIpc) is 0.904. The molecule has 666 valence electrons. The number of carbonyl (C=O) groups is 3. The van der Waals surface area contributed by atoms with E-state index in [1.54, 1.807) is 0 Å². The maximum atomic E-state index is 13.1. The van der Waals surface area contributed by atoms with E-state index >= 15 is 0 Å². The van der Waals surface area contributed by atoms with Gasteiger partial charge in [0.1, 0.15) is 25.4 Å². The summed E-state index contributed by atoms with van der Waals surface area (Å²) >= 11 is 0. The van der Waals surface area contributed by atoms with Gasteiger partial charge in [0.2, 0.25) is 0 Å². The van der Waals surface area contributed by atoms with Crippen LogP contribution in [0.5, 0.6) is 0 Å². The summed E-state index contributed by atoms with van der Waals surface area (Å²) < 4.78 is 61.4. The molecule has 0 amide bonds. The third-order valence-corrected chi connectivity index (χ3v) is 20.7. The predicted molar refractivity (Wildman–Crippen MR) is 491 cm³/mol. The van der Waals surface area contributed by atoms with E-state index in [2.05, 4.69) is 215 Å². The van der Waals surface area contributed by atoms with Gasteiger partial charge in [-0.3, -0.25) is 32.5 Å². The van der Waals surface area contributed by atoms with Gasteiger partial charge in [0.15, 0.2) is 6.10 Å².